The molecule has 0 saturated carbocycles. The quantitative estimate of drug-likeness (QED) is 0.817. The molecule has 2 rings (SSSR count). The number of pyridine rings is 1. The van der Waals surface area contributed by atoms with E-state index in [9.17, 15) is 0 Å². The second kappa shape index (κ2) is 5.26. The van der Waals surface area contributed by atoms with Crippen molar-refractivity contribution in [3.05, 3.63) is 29.6 Å². The Morgan fingerprint density at radius 1 is 1.40 bits per heavy atom. The molecule has 1 aliphatic rings. The third-order valence-corrected chi connectivity index (χ3v) is 3.16. The molecule has 1 atom stereocenters. The van der Waals surface area contributed by atoms with Gasteiger partial charge in [0.25, 0.3) is 0 Å². The fraction of sp³-hybridized carbons (Fsp3) is 0.615. The van der Waals surface area contributed by atoms with Crippen molar-refractivity contribution in [3.63, 3.8) is 0 Å². The average molecular weight is 204 g/mol. The Labute approximate surface area is 92.1 Å². The summed E-state index contributed by atoms with van der Waals surface area (Å²) in [4.78, 5) is 4.50. The zero-order valence-electron chi connectivity index (χ0n) is 9.50. The third-order valence-electron chi connectivity index (χ3n) is 3.16. The van der Waals surface area contributed by atoms with Crippen LogP contribution in [0.25, 0.3) is 0 Å². The Morgan fingerprint density at radius 3 is 2.93 bits per heavy atom. The van der Waals surface area contributed by atoms with E-state index in [4.69, 9.17) is 0 Å². The summed E-state index contributed by atoms with van der Waals surface area (Å²) >= 11 is 0. The van der Waals surface area contributed by atoms with Gasteiger partial charge < -0.3 is 5.32 Å². The second-order valence-electron chi connectivity index (χ2n) is 4.36. The van der Waals surface area contributed by atoms with Gasteiger partial charge in [-0.15, -0.1) is 0 Å². The molecule has 15 heavy (non-hydrogen) atoms. The van der Waals surface area contributed by atoms with Crippen LogP contribution in [0.5, 0.6) is 0 Å². The molecule has 1 N–H and O–H groups in total. The summed E-state index contributed by atoms with van der Waals surface area (Å²) in [5.74, 6) is 0. The minimum atomic E-state index is 0.652. The van der Waals surface area contributed by atoms with Gasteiger partial charge in [0.1, 0.15) is 0 Å². The summed E-state index contributed by atoms with van der Waals surface area (Å²) in [6.45, 7) is 3.34. The molecule has 2 nitrogen and oxygen atoms in total. The zero-order valence-corrected chi connectivity index (χ0v) is 9.50. The average Bonchev–Trinajstić information content (AvgIpc) is 2.31. The maximum absolute atomic E-state index is 4.50. The van der Waals surface area contributed by atoms with Crippen molar-refractivity contribution < 1.29 is 0 Å². The molecule has 82 valence electrons. The fourth-order valence-electron chi connectivity index (χ4n) is 2.14. The van der Waals surface area contributed by atoms with Crippen LogP contribution in [0.15, 0.2) is 18.3 Å². The summed E-state index contributed by atoms with van der Waals surface area (Å²) in [6, 6.07) is 5.03. The van der Waals surface area contributed by atoms with Crippen LogP contribution in [-0.2, 0) is 12.8 Å². The van der Waals surface area contributed by atoms with Gasteiger partial charge in [0.2, 0.25) is 0 Å². The minimum Gasteiger partial charge on any atom is -0.314 e. The SMILES string of the molecule is CCc1ccc(C[C@@H]2CCCCN2)nc1. The smallest absolute Gasteiger partial charge is 0.0419 e. The summed E-state index contributed by atoms with van der Waals surface area (Å²) < 4.78 is 0. The molecular formula is C13H20N2. The van der Waals surface area contributed by atoms with E-state index in [1.165, 1.54) is 37.1 Å². The largest absolute Gasteiger partial charge is 0.314 e. The molecule has 1 fully saturated rings. The highest BCUT2D eigenvalue weighted by atomic mass is 14.9. The van der Waals surface area contributed by atoms with Crippen LogP contribution in [0.1, 0.15) is 37.4 Å². The van der Waals surface area contributed by atoms with Gasteiger partial charge in [0, 0.05) is 24.4 Å². The Balaban J connectivity index is 1.91. The lowest BCUT2D eigenvalue weighted by molar-refractivity contribution is 0.397. The Morgan fingerprint density at radius 2 is 2.33 bits per heavy atom. The first-order valence-corrected chi connectivity index (χ1v) is 6.05. The molecule has 0 aliphatic carbocycles. The van der Waals surface area contributed by atoms with Crippen LogP contribution in [-0.4, -0.2) is 17.6 Å². The molecule has 2 heterocycles. The van der Waals surface area contributed by atoms with Crippen LogP contribution in [0, 0.1) is 0 Å². The van der Waals surface area contributed by atoms with Crippen LogP contribution in [0.3, 0.4) is 0 Å². The molecule has 0 aromatic carbocycles. The number of aromatic nitrogens is 1. The lowest BCUT2D eigenvalue weighted by Crippen LogP contribution is -2.35. The normalized spacial score (nSPS) is 21.5. The van der Waals surface area contributed by atoms with Gasteiger partial charge in [0.15, 0.2) is 0 Å². The lowest BCUT2D eigenvalue weighted by Gasteiger charge is -2.23. The molecule has 1 saturated heterocycles. The molecule has 0 amide bonds. The molecule has 1 aromatic rings. The Bertz CT molecular complexity index is 286. The van der Waals surface area contributed by atoms with Crippen molar-refractivity contribution in [2.45, 2.75) is 45.1 Å². The van der Waals surface area contributed by atoms with Gasteiger partial charge in [0.05, 0.1) is 0 Å². The number of hydrogen-bond acceptors (Lipinski definition) is 2. The van der Waals surface area contributed by atoms with Gasteiger partial charge in [-0.05, 0) is 37.4 Å². The maximum Gasteiger partial charge on any atom is 0.0419 e. The monoisotopic (exact) mass is 204 g/mol. The first-order valence-electron chi connectivity index (χ1n) is 6.05. The van der Waals surface area contributed by atoms with E-state index in [1.807, 2.05) is 6.20 Å². The van der Waals surface area contributed by atoms with E-state index in [-0.39, 0.29) is 0 Å². The second-order valence-corrected chi connectivity index (χ2v) is 4.36. The van der Waals surface area contributed by atoms with Gasteiger partial charge in [-0.1, -0.05) is 19.4 Å². The molecule has 0 unspecified atom stereocenters. The van der Waals surface area contributed by atoms with E-state index in [2.05, 4.69) is 29.4 Å². The van der Waals surface area contributed by atoms with E-state index in [0.717, 1.165) is 12.8 Å². The zero-order chi connectivity index (χ0) is 10.5. The molecule has 1 aliphatic heterocycles. The highest BCUT2D eigenvalue weighted by Crippen LogP contribution is 2.11. The molecular weight excluding hydrogens is 184 g/mol. The van der Waals surface area contributed by atoms with Gasteiger partial charge >= 0.3 is 0 Å². The number of nitrogens with zero attached hydrogens (tertiary/aromatic N) is 1. The lowest BCUT2D eigenvalue weighted by atomic mass is 10.00. The maximum atomic E-state index is 4.50. The van der Waals surface area contributed by atoms with Crippen LogP contribution in [0.4, 0.5) is 0 Å². The summed E-state index contributed by atoms with van der Waals surface area (Å²) in [7, 11) is 0. The number of nitrogens with one attached hydrogen (secondary N) is 1. The minimum absolute atomic E-state index is 0.652. The number of piperidine rings is 1. The van der Waals surface area contributed by atoms with E-state index in [0.29, 0.717) is 6.04 Å². The number of aryl methyl sites for hydroxylation is 1. The summed E-state index contributed by atoms with van der Waals surface area (Å²) in [5.41, 5.74) is 2.56. The first-order chi connectivity index (χ1) is 7.38. The predicted octanol–water partition coefficient (Wildman–Crippen LogP) is 2.33. The van der Waals surface area contributed by atoms with Crippen molar-refractivity contribution in [3.8, 4) is 0 Å². The standard InChI is InChI=1S/C13H20N2/c1-2-11-6-7-13(15-10-11)9-12-5-3-4-8-14-12/h6-7,10,12,14H,2-5,8-9H2,1H3/t12-/m0/s1. The van der Waals surface area contributed by atoms with E-state index >= 15 is 0 Å². The highest BCUT2D eigenvalue weighted by Gasteiger charge is 2.13. The number of rotatable bonds is 3. The van der Waals surface area contributed by atoms with Crippen molar-refractivity contribution in [1.29, 1.82) is 0 Å². The predicted molar refractivity (Wildman–Crippen MR) is 63.0 cm³/mol. The first kappa shape index (κ1) is 10.6. The third kappa shape index (κ3) is 3.03. The van der Waals surface area contributed by atoms with Crippen molar-refractivity contribution >= 4 is 0 Å². The molecule has 0 bridgehead atoms. The van der Waals surface area contributed by atoms with Crippen molar-refractivity contribution in [1.82, 2.24) is 10.3 Å². The van der Waals surface area contributed by atoms with Gasteiger partial charge in [-0.25, -0.2) is 0 Å². The van der Waals surface area contributed by atoms with Crippen LogP contribution >= 0.6 is 0 Å². The molecule has 2 heteroatoms. The van der Waals surface area contributed by atoms with Crippen molar-refractivity contribution in [2.24, 2.45) is 0 Å². The molecule has 1 aromatic heterocycles. The van der Waals surface area contributed by atoms with Crippen LogP contribution in [0.2, 0.25) is 0 Å². The van der Waals surface area contributed by atoms with Gasteiger partial charge in [-0.2, -0.15) is 0 Å². The van der Waals surface area contributed by atoms with E-state index in [1.54, 1.807) is 0 Å². The Hall–Kier alpha value is -0.890. The Kier molecular flexibility index (Phi) is 3.73. The topological polar surface area (TPSA) is 24.9 Å². The number of hydrogen-bond donors (Lipinski definition) is 1. The van der Waals surface area contributed by atoms with Crippen molar-refractivity contribution in [2.75, 3.05) is 6.54 Å². The highest BCUT2D eigenvalue weighted by molar-refractivity contribution is 5.14. The summed E-state index contributed by atoms with van der Waals surface area (Å²) in [6.07, 6.45) is 8.18. The van der Waals surface area contributed by atoms with Gasteiger partial charge in [-0.3, -0.25) is 4.98 Å². The van der Waals surface area contributed by atoms with Crippen LogP contribution < -0.4 is 5.32 Å². The molecule has 0 spiro atoms. The summed E-state index contributed by atoms with van der Waals surface area (Å²) in [5, 5.41) is 3.56. The van der Waals surface area contributed by atoms with E-state index < -0.39 is 0 Å². The fourth-order valence-corrected chi connectivity index (χ4v) is 2.14. The molecule has 0 radical (unpaired) electrons.